The molecule has 0 spiro atoms. The van der Waals surface area contributed by atoms with Gasteiger partial charge >= 0.3 is 5.97 Å². The number of ether oxygens (including phenoxy) is 1. The molecule has 152 valence electrons. The number of aryl methyl sites for hydroxylation is 2. The molecule has 3 heterocycles. The average Bonchev–Trinajstić information content (AvgIpc) is 3.04. The van der Waals surface area contributed by atoms with Crippen LogP contribution in [0.3, 0.4) is 0 Å². The first-order valence-corrected chi connectivity index (χ1v) is 10.7. The SMILES string of the molecule is COC(=O)C(c1ccc(Cl)cc1)N1CCN(c2ncnc3sc(C)c(C)c23)CC1. The summed E-state index contributed by atoms with van der Waals surface area (Å²) in [7, 11) is 1.43. The quantitative estimate of drug-likeness (QED) is 0.583. The van der Waals surface area contributed by atoms with Crippen LogP contribution in [0, 0.1) is 13.8 Å². The number of esters is 1. The third kappa shape index (κ3) is 3.82. The summed E-state index contributed by atoms with van der Waals surface area (Å²) in [5.74, 6) is 0.729. The lowest BCUT2D eigenvalue weighted by molar-refractivity contribution is -0.147. The Labute approximate surface area is 179 Å². The first-order chi connectivity index (χ1) is 14.0. The lowest BCUT2D eigenvalue weighted by Gasteiger charge is -2.39. The minimum atomic E-state index is -0.435. The van der Waals surface area contributed by atoms with Crippen LogP contribution in [0.2, 0.25) is 5.02 Å². The topological polar surface area (TPSA) is 58.6 Å². The number of anilines is 1. The van der Waals surface area contributed by atoms with E-state index in [0.717, 1.165) is 47.8 Å². The normalized spacial score (nSPS) is 16.2. The zero-order valence-electron chi connectivity index (χ0n) is 16.7. The summed E-state index contributed by atoms with van der Waals surface area (Å²) in [6.07, 6.45) is 1.64. The third-order valence-electron chi connectivity index (χ3n) is 5.53. The van der Waals surface area contributed by atoms with Crippen molar-refractivity contribution in [1.82, 2.24) is 14.9 Å². The number of hydrogen-bond donors (Lipinski definition) is 0. The third-order valence-corrected chi connectivity index (χ3v) is 6.90. The lowest BCUT2D eigenvalue weighted by atomic mass is 10.0. The molecule has 6 nitrogen and oxygen atoms in total. The van der Waals surface area contributed by atoms with Crippen LogP contribution in [-0.2, 0) is 9.53 Å². The summed E-state index contributed by atoms with van der Waals surface area (Å²) in [6, 6.07) is 6.96. The van der Waals surface area contributed by atoms with Crippen molar-refractivity contribution in [3.8, 4) is 0 Å². The number of rotatable bonds is 4. The second-order valence-electron chi connectivity index (χ2n) is 7.16. The highest BCUT2D eigenvalue weighted by atomic mass is 35.5. The van der Waals surface area contributed by atoms with Gasteiger partial charge in [0.2, 0.25) is 0 Å². The molecule has 1 aliphatic heterocycles. The van der Waals surface area contributed by atoms with Crippen LogP contribution in [0.5, 0.6) is 0 Å². The van der Waals surface area contributed by atoms with Crippen molar-refractivity contribution in [3.63, 3.8) is 0 Å². The molecular formula is C21H23ClN4O2S. The molecule has 8 heteroatoms. The predicted molar refractivity (Wildman–Crippen MR) is 117 cm³/mol. The maximum atomic E-state index is 12.5. The first kappa shape index (κ1) is 20.1. The number of fused-ring (bicyclic) bond motifs is 1. The second kappa shape index (κ2) is 8.26. The number of benzene rings is 1. The number of halogens is 1. The summed E-state index contributed by atoms with van der Waals surface area (Å²) in [5, 5.41) is 1.79. The van der Waals surface area contributed by atoms with Gasteiger partial charge < -0.3 is 9.64 Å². The van der Waals surface area contributed by atoms with Gasteiger partial charge in [0.25, 0.3) is 0 Å². The van der Waals surface area contributed by atoms with E-state index in [9.17, 15) is 4.79 Å². The Morgan fingerprint density at radius 1 is 1.14 bits per heavy atom. The molecule has 0 aliphatic carbocycles. The fourth-order valence-electron chi connectivity index (χ4n) is 3.85. The van der Waals surface area contributed by atoms with Gasteiger partial charge in [-0.25, -0.2) is 14.8 Å². The van der Waals surface area contributed by atoms with E-state index in [1.807, 2.05) is 24.3 Å². The Morgan fingerprint density at radius 3 is 2.48 bits per heavy atom. The molecule has 2 aromatic heterocycles. The fourth-order valence-corrected chi connectivity index (χ4v) is 4.97. The number of carbonyl (C=O) groups is 1. The van der Waals surface area contributed by atoms with Gasteiger partial charge in [-0.2, -0.15) is 0 Å². The fraction of sp³-hybridized carbons (Fsp3) is 0.381. The van der Waals surface area contributed by atoms with Crippen molar-refractivity contribution in [2.45, 2.75) is 19.9 Å². The summed E-state index contributed by atoms with van der Waals surface area (Å²) in [4.78, 5) is 28.3. The van der Waals surface area contributed by atoms with Crippen LogP contribution in [0.25, 0.3) is 10.2 Å². The van der Waals surface area contributed by atoms with Gasteiger partial charge in [0.15, 0.2) is 0 Å². The number of piperazine rings is 1. The molecule has 0 radical (unpaired) electrons. The van der Waals surface area contributed by atoms with Crippen LogP contribution >= 0.6 is 22.9 Å². The predicted octanol–water partition coefficient (Wildman–Crippen LogP) is 4.00. The second-order valence-corrected chi connectivity index (χ2v) is 8.80. The highest BCUT2D eigenvalue weighted by Gasteiger charge is 2.32. The number of aromatic nitrogens is 2. The van der Waals surface area contributed by atoms with Crippen LogP contribution in [0.15, 0.2) is 30.6 Å². The minimum Gasteiger partial charge on any atom is -0.468 e. The highest BCUT2D eigenvalue weighted by molar-refractivity contribution is 7.18. The number of methoxy groups -OCH3 is 1. The van der Waals surface area contributed by atoms with Gasteiger partial charge in [-0.15, -0.1) is 11.3 Å². The summed E-state index contributed by atoms with van der Waals surface area (Å²) >= 11 is 7.72. The van der Waals surface area contributed by atoms with E-state index < -0.39 is 6.04 Å². The van der Waals surface area contributed by atoms with E-state index in [-0.39, 0.29) is 5.97 Å². The molecule has 1 fully saturated rings. The van der Waals surface area contributed by atoms with Gasteiger partial charge in [0.1, 0.15) is 23.0 Å². The molecule has 1 unspecified atom stereocenters. The van der Waals surface area contributed by atoms with Crippen LogP contribution in [0.4, 0.5) is 5.82 Å². The number of carbonyl (C=O) groups excluding carboxylic acids is 1. The maximum Gasteiger partial charge on any atom is 0.327 e. The largest absolute Gasteiger partial charge is 0.468 e. The standard InChI is InChI=1S/C21H23ClN4O2S/c1-13-14(2)29-20-17(13)19(23-12-24-20)26-10-8-25(9-11-26)18(21(27)28-3)15-4-6-16(22)7-5-15/h4-7,12,18H,8-11H2,1-3H3. The Morgan fingerprint density at radius 2 is 1.83 bits per heavy atom. The molecule has 0 saturated carbocycles. The molecule has 3 aromatic rings. The van der Waals surface area contributed by atoms with Gasteiger partial charge in [-0.05, 0) is 37.1 Å². The van der Waals surface area contributed by atoms with Crippen LogP contribution < -0.4 is 4.90 Å². The van der Waals surface area contributed by atoms with E-state index >= 15 is 0 Å². The molecular weight excluding hydrogens is 408 g/mol. The molecule has 4 rings (SSSR count). The minimum absolute atomic E-state index is 0.255. The van der Waals surface area contributed by atoms with E-state index in [1.165, 1.54) is 17.6 Å². The zero-order chi connectivity index (χ0) is 20.5. The van der Waals surface area contributed by atoms with E-state index in [2.05, 4.69) is 33.6 Å². The molecule has 0 amide bonds. The molecule has 0 N–H and O–H groups in total. The molecule has 1 saturated heterocycles. The Bertz CT molecular complexity index is 1030. The van der Waals surface area contributed by atoms with Crippen molar-refractivity contribution in [2.75, 3.05) is 38.2 Å². The van der Waals surface area contributed by atoms with Crippen molar-refractivity contribution >= 4 is 44.9 Å². The summed E-state index contributed by atoms with van der Waals surface area (Å²) < 4.78 is 5.09. The summed E-state index contributed by atoms with van der Waals surface area (Å²) in [5.41, 5.74) is 2.14. The molecule has 29 heavy (non-hydrogen) atoms. The average molecular weight is 431 g/mol. The molecule has 1 aromatic carbocycles. The monoisotopic (exact) mass is 430 g/mol. The maximum absolute atomic E-state index is 12.5. The van der Waals surface area contributed by atoms with Gasteiger partial charge in [0.05, 0.1) is 12.5 Å². The van der Waals surface area contributed by atoms with E-state index in [4.69, 9.17) is 16.3 Å². The Hall–Kier alpha value is -2.22. The van der Waals surface area contributed by atoms with Crippen molar-refractivity contribution in [1.29, 1.82) is 0 Å². The van der Waals surface area contributed by atoms with Crippen molar-refractivity contribution < 1.29 is 9.53 Å². The zero-order valence-corrected chi connectivity index (χ0v) is 18.3. The van der Waals surface area contributed by atoms with Gasteiger partial charge in [-0.3, -0.25) is 4.90 Å². The van der Waals surface area contributed by atoms with Crippen LogP contribution in [0.1, 0.15) is 22.0 Å². The van der Waals surface area contributed by atoms with Crippen molar-refractivity contribution in [2.24, 2.45) is 0 Å². The number of hydrogen-bond acceptors (Lipinski definition) is 7. The number of thiophene rings is 1. The summed E-state index contributed by atoms with van der Waals surface area (Å²) in [6.45, 7) is 7.27. The van der Waals surface area contributed by atoms with Crippen molar-refractivity contribution in [3.05, 3.63) is 51.6 Å². The molecule has 1 atom stereocenters. The van der Waals surface area contributed by atoms with E-state index in [1.54, 1.807) is 17.7 Å². The Kier molecular flexibility index (Phi) is 5.72. The highest BCUT2D eigenvalue weighted by Crippen LogP contribution is 2.35. The molecule has 0 bridgehead atoms. The smallest absolute Gasteiger partial charge is 0.327 e. The lowest BCUT2D eigenvalue weighted by Crippen LogP contribution is -2.49. The van der Waals surface area contributed by atoms with E-state index in [0.29, 0.717) is 5.02 Å². The first-order valence-electron chi connectivity index (χ1n) is 9.52. The van der Waals surface area contributed by atoms with Crippen LogP contribution in [-0.4, -0.2) is 54.1 Å². The number of nitrogens with zero attached hydrogens (tertiary/aromatic N) is 4. The Balaban J connectivity index is 1.57. The molecule has 1 aliphatic rings. The van der Waals surface area contributed by atoms with Gasteiger partial charge in [0, 0.05) is 36.1 Å². The van der Waals surface area contributed by atoms with Gasteiger partial charge in [-0.1, -0.05) is 23.7 Å².